The summed E-state index contributed by atoms with van der Waals surface area (Å²) in [7, 11) is 0. The van der Waals surface area contributed by atoms with Gasteiger partial charge in [-0.3, -0.25) is 10.1 Å². The second-order valence-electron chi connectivity index (χ2n) is 11.0. The fourth-order valence-corrected chi connectivity index (χ4v) is 5.43. The maximum absolute atomic E-state index is 13.0. The smallest absolute Gasteiger partial charge is 0.273 e. The molecule has 0 amide bonds. The molecular weight excluding hydrogens is 519 g/mol. The highest BCUT2D eigenvalue weighted by molar-refractivity contribution is 5.69. The Labute approximate surface area is 242 Å². The van der Waals surface area contributed by atoms with Crippen LogP contribution < -0.4 is 0 Å². The average molecular weight is 560 g/mol. The number of hydrogen-bond donors (Lipinski definition) is 1. The quantitative estimate of drug-likeness (QED) is 0.156. The molecule has 0 aliphatic heterocycles. The van der Waals surface area contributed by atoms with Gasteiger partial charge in [0.2, 0.25) is 0 Å². The van der Waals surface area contributed by atoms with E-state index in [1.165, 1.54) is 43.2 Å². The number of alkyl halides is 3. The van der Waals surface area contributed by atoms with Gasteiger partial charge in [0.15, 0.2) is 0 Å². The van der Waals surface area contributed by atoms with E-state index in [0.29, 0.717) is 23.4 Å². The molecule has 0 spiro atoms. The van der Waals surface area contributed by atoms with Crippen molar-refractivity contribution in [2.45, 2.75) is 76.8 Å². The van der Waals surface area contributed by atoms with E-state index in [2.05, 4.69) is 96.3 Å². The van der Waals surface area contributed by atoms with E-state index in [1.54, 1.807) is 12.3 Å². The second-order valence-corrected chi connectivity index (χ2v) is 11.0. The summed E-state index contributed by atoms with van der Waals surface area (Å²) in [6, 6.07) is 24.0. The van der Waals surface area contributed by atoms with Crippen LogP contribution in [-0.2, 0) is 6.18 Å². The van der Waals surface area contributed by atoms with Gasteiger partial charge >= 0.3 is 6.18 Å². The first-order valence-corrected chi connectivity index (χ1v) is 14.6. The summed E-state index contributed by atoms with van der Waals surface area (Å²) in [5.41, 5.74) is 4.25. The largest absolute Gasteiger partial charge is 0.432 e. The van der Waals surface area contributed by atoms with Gasteiger partial charge in [0.25, 0.3) is 0 Å². The zero-order valence-corrected chi connectivity index (χ0v) is 24.0. The summed E-state index contributed by atoms with van der Waals surface area (Å²) < 4.78 is 38.9. The average Bonchev–Trinajstić information content (AvgIpc) is 3.51. The topological polar surface area (TPSA) is 41.6 Å². The van der Waals surface area contributed by atoms with Gasteiger partial charge in [-0.2, -0.15) is 18.3 Å². The molecule has 0 aliphatic carbocycles. The van der Waals surface area contributed by atoms with Crippen LogP contribution in [0.2, 0.25) is 0 Å². The molecule has 0 bridgehead atoms. The molecule has 2 heterocycles. The molecule has 4 aromatic rings. The number of unbranched alkanes of at least 4 members (excludes halogenated alkanes) is 1. The van der Waals surface area contributed by atoms with Crippen LogP contribution in [0.4, 0.5) is 13.2 Å². The molecule has 2 aromatic carbocycles. The highest BCUT2D eigenvalue weighted by Crippen LogP contribution is 2.34. The highest BCUT2D eigenvalue weighted by Gasteiger charge is 2.33. The van der Waals surface area contributed by atoms with Crippen LogP contribution in [0.5, 0.6) is 0 Å². The van der Waals surface area contributed by atoms with Crippen LogP contribution >= 0.6 is 0 Å². The predicted octanol–water partition coefficient (Wildman–Crippen LogP) is 10.6. The lowest BCUT2D eigenvalue weighted by molar-refractivity contribution is -0.141. The lowest BCUT2D eigenvalue weighted by atomic mass is 9.83. The number of H-pyrrole nitrogens is 1. The third-order valence-electron chi connectivity index (χ3n) is 8.09. The summed E-state index contributed by atoms with van der Waals surface area (Å²) in [5, 5.41) is 5.87. The zero-order valence-electron chi connectivity index (χ0n) is 24.0. The third-order valence-corrected chi connectivity index (χ3v) is 8.09. The van der Waals surface area contributed by atoms with E-state index in [0.717, 1.165) is 30.0 Å². The number of aromatic amines is 1. The summed E-state index contributed by atoms with van der Waals surface area (Å²) in [4.78, 5) is 4.23. The molecule has 216 valence electrons. The Morgan fingerprint density at radius 3 is 2.22 bits per heavy atom. The molecule has 0 fully saturated rings. The molecule has 0 saturated carbocycles. The van der Waals surface area contributed by atoms with Crippen molar-refractivity contribution in [3.8, 4) is 22.5 Å². The van der Waals surface area contributed by atoms with Gasteiger partial charge in [0.05, 0.1) is 5.69 Å². The first kappa shape index (κ1) is 30.3. The molecule has 41 heavy (non-hydrogen) atoms. The molecule has 6 heteroatoms. The lowest BCUT2D eigenvalue weighted by Gasteiger charge is -2.22. The normalized spacial score (nSPS) is 14.0. The number of hydrogen-bond acceptors (Lipinski definition) is 2. The van der Waals surface area contributed by atoms with Gasteiger partial charge in [0, 0.05) is 6.20 Å². The lowest BCUT2D eigenvalue weighted by Crippen LogP contribution is -2.06. The van der Waals surface area contributed by atoms with Crippen molar-refractivity contribution in [3.05, 3.63) is 108 Å². The van der Waals surface area contributed by atoms with Crippen LogP contribution in [0.1, 0.15) is 87.4 Å². The van der Waals surface area contributed by atoms with Crippen molar-refractivity contribution < 1.29 is 13.2 Å². The Bertz CT molecular complexity index is 1360. The van der Waals surface area contributed by atoms with E-state index in [4.69, 9.17) is 0 Å². The van der Waals surface area contributed by atoms with Crippen molar-refractivity contribution in [3.63, 3.8) is 0 Å². The summed E-state index contributed by atoms with van der Waals surface area (Å²) in [6.07, 6.45) is 7.53. The first-order valence-electron chi connectivity index (χ1n) is 14.6. The van der Waals surface area contributed by atoms with E-state index >= 15 is 0 Å². The molecule has 3 atom stereocenters. The summed E-state index contributed by atoms with van der Waals surface area (Å²) in [6.45, 7) is 8.61. The van der Waals surface area contributed by atoms with E-state index in [-0.39, 0.29) is 5.69 Å². The summed E-state index contributed by atoms with van der Waals surface area (Å²) in [5.74, 6) is 1.51. The molecule has 0 saturated heterocycles. The third kappa shape index (κ3) is 8.42. The van der Waals surface area contributed by atoms with Gasteiger partial charge in [-0.25, -0.2) is 0 Å². The number of allylic oxidation sites excluding steroid dienone is 1. The number of halogens is 3. The molecule has 4 rings (SSSR count). The van der Waals surface area contributed by atoms with Crippen molar-refractivity contribution in [1.82, 2.24) is 15.2 Å². The Morgan fingerprint density at radius 2 is 1.56 bits per heavy atom. The number of aromatic nitrogens is 3. The molecule has 2 aromatic heterocycles. The minimum Gasteiger partial charge on any atom is -0.273 e. The minimum absolute atomic E-state index is 0.169. The van der Waals surface area contributed by atoms with Crippen molar-refractivity contribution >= 4 is 0 Å². The second kappa shape index (κ2) is 14.3. The van der Waals surface area contributed by atoms with E-state index in [1.807, 2.05) is 6.07 Å². The molecule has 3 nitrogen and oxygen atoms in total. The molecule has 3 unspecified atom stereocenters. The number of benzene rings is 2. The van der Waals surface area contributed by atoms with E-state index < -0.39 is 11.9 Å². The van der Waals surface area contributed by atoms with Crippen LogP contribution in [-0.4, -0.2) is 15.2 Å². The zero-order chi connectivity index (χ0) is 29.2. The van der Waals surface area contributed by atoms with Crippen LogP contribution in [0.25, 0.3) is 22.5 Å². The minimum atomic E-state index is -4.47. The Hall–Kier alpha value is -3.67. The van der Waals surface area contributed by atoms with Gasteiger partial charge in [0.1, 0.15) is 11.4 Å². The van der Waals surface area contributed by atoms with Gasteiger partial charge in [-0.15, -0.1) is 6.58 Å². The fraction of sp³-hybridized carbons (Fsp3) is 0.371. The first-order chi connectivity index (χ1) is 19.8. The maximum atomic E-state index is 13.0. The van der Waals surface area contributed by atoms with Crippen LogP contribution in [0, 0.1) is 5.92 Å². The number of pyridine rings is 1. The number of rotatable bonds is 14. The molecule has 0 aliphatic rings. The van der Waals surface area contributed by atoms with Crippen molar-refractivity contribution in [2.75, 3.05) is 0 Å². The van der Waals surface area contributed by atoms with Gasteiger partial charge < -0.3 is 0 Å². The molecule has 0 radical (unpaired) electrons. The molecular formula is C35H40F3N3. The predicted molar refractivity (Wildman–Crippen MR) is 162 cm³/mol. The van der Waals surface area contributed by atoms with Crippen LogP contribution in [0.15, 0.2) is 91.6 Å². The number of nitrogens with one attached hydrogen (secondary N) is 1. The van der Waals surface area contributed by atoms with Crippen molar-refractivity contribution in [2.24, 2.45) is 5.92 Å². The monoisotopic (exact) mass is 559 g/mol. The summed E-state index contributed by atoms with van der Waals surface area (Å²) >= 11 is 0. The van der Waals surface area contributed by atoms with Crippen LogP contribution in [0.3, 0.4) is 0 Å². The Morgan fingerprint density at radius 1 is 0.829 bits per heavy atom. The number of nitrogens with zero attached hydrogens (tertiary/aromatic N) is 2. The fourth-order valence-electron chi connectivity index (χ4n) is 5.43. The standard InChI is InChI=1S/C35H40F3N3/c1-4-6-10-26(5-2)14-16-29(28-11-8-7-9-12-28)15-13-25(3)27-17-19-30(20-18-27)31-21-22-39-32(23-31)33-24-34(41-40-33)35(36,37)38/h5,7-9,11-12,17-26,29H,2,4,6,10,13-16H2,1,3H3,(H,40,41). The highest BCUT2D eigenvalue weighted by atomic mass is 19.4. The maximum Gasteiger partial charge on any atom is 0.432 e. The Balaban J connectivity index is 1.41. The Kier molecular flexibility index (Phi) is 10.6. The van der Waals surface area contributed by atoms with E-state index in [9.17, 15) is 13.2 Å². The van der Waals surface area contributed by atoms with Gasteiger partial charge in [-0.1, -0.05) is 87.4 Å². The molecule has 1 N–H and O–H groups in total. The SMILES string of the molecule is C=CC(CCCC)CCC(CCC(C)c1ccc(-c2ccnc(-c3cc(C(F)(F)F)[nH]n3)c2)cc1)c1ccccc1. The van der Waals surface area contributed by atoms with Gasteiger partial charge in [-0.05, 0) is 90.3 Å². The van der Waals surface area contributed by atoms with Crippen molar-refractivity contribution in [1.29, 1.82) is 0 Å².